The average Bonchev–Trinajstić information content (AvgIpc) is 2.91. The number of hydrogen-bond acceptors (Lipinski definition) is 2. The summed E-state index contributed by atoms with van der Waals surface area (Å²) in [6.45, 7) is 2.36. The zero-order chi connectivity index (χ0) is 11.7. The van der Waals surface area contributed by atoms with E-state index in [-0.39, 0.29) is 12.4 Å². The standard InChI is InChI=1S/C15H23NS.ClH/c1-2-13-10-9-12-6-3-4-7-14(12)16(13)15-8-5-11-17-15;/h5,8,11-14H,2-4,6-7,9-10H2,1H3;1H. The molecule has 1 saturated carbocycles. The van der Waals surface area contributed by atoms with Crippen molar-refractivity contribution in [1.29, 1.82) is 0 Å². The summed E-state index contributed by atoms with van der Waals surface area (Å²) in [5.74, 6) is 0.980. The second kappa shape index (κ2) is 6.29. The van der Waals surface area contributed by atoms with Gasteiger partial charge in [-0.15, -0.1) is 23.7 Å². The predicted molar refractivity (Wildman–Crippen MR) is 83.1 cm³/mol. The molecule has 0 N–H and O–H groups in total. The topological polar surface area (TPSA) is 3.24 Å². The first-order chi connectivity index (χ1) is 8.40. The zero-order valence-corrected chi connectivity index (χ0v) is 12.8. The first-order valence-corrected chi connectivity index (χ1v) is 8.10. The molecule has 3 atom stereocenters. The molecule has 2 heterocycles. The second-order valence-corrected chi connectivity index (χ2v) is 6.54. The van der Waals surface area contributed by atoms with Crippen LogP contribution in [0.25, 0.3) is 0 Å². The first kappa shape index (κ1) is 14.2. The number of anilines is 1. The van der Waals surface area contributed by atoms with E-state index in [9.17, 15) is 0 Å². The van der Waals surface area contributed by atoms with Gasteiger partial charge in [0.05, 0.1) is 5.00 Å². The Morgan fingerprint density at radius 2 is 2.06 bits per heavy atom. The molecule has 3 heteroatoms. The number of thiophene rings is 1. The number of nitrogens with zero attached hydrogens (tertiary/aromatic N) is 1. The minimum absolute atomic E-state index is 0. The molecule has 1 nitrogen and oxygen atoms in total. The SMILES string of the molecule is CCC1CCC2CCCCC2N1c1cccs1.Cl. The minimum atomic E-state index is 0. The largest absolute Gasteiger partial charge is 0.357 e. The molecule has 0 radical (unpaired) electrons. The van der Waals surface area contributed by atoms with E-state index in [0.29, 0.717) is 0 Å². The third kappa shape index (κ3) is 2.55. The van der Waals surface area contributed by atoms with Crippen LogP contribution in [0, 0.1) is 5.92 Å². The molecule has 0 amide bonds. The summed E-state index contributed by atoms with van der Waals surface area (Å²) in [5, 5.41) is 3.75. The van der Waals surface area contributed by atoms with Gasteiger partial charge in [-0.2, -0.15) is 0 Å². The Bertz CT molecular complexity index is 351. The Kier molecular flexibility index (Phi) is 4.97. The van der Waals surface area contributed by atoms with Crippen LogP contribution in [0.15, 0.2) is 17.5 Å². The van der Waals surface area contributed by atoms with Crippen LogP contribution in [0.4, 0.5) is 5.00 Å². The van der Waals surface area contributed by atoms with Crippen LogP contribution in [-0.4, -0.2) is 12.1 Å². The lowest BCUT2D eigenvalue weighted by atomic mass is 9.76. The van der Waals surface area contributed by atoms with Crippen molar-refractivity contribution in [2.45, 2.75) is 64.0 Å². The van der Waals surface area contributed by atoms with Gasteiger partial charge in [-0.1, -0.05) is 19.8 Å². The molecule has 18 heavy (non-hydrogen) atoms. The maximum absolute atomic E-state index is 2.79. The van der Waals surface area contributed by atoms with Gasteiger partial charge < -0.3 is 4.90 Å². The van der Waals surface area contributed by atoms with Gasteiger partial charge in [-0.3, -0.25) is 0 Å². The van der Waals surface area contributed by atoms with Crippen molar-refractivity contribution < 1.29 is 0 Å². The summed E-state index contributed by atoms with van der Waals surface area (Å²) in [7, 11) is 0. The fourth-order valence-electron chi connectivity index (χ4n) is 3.87. The predicted octanol–water partition coefficient (Wildman–Crippen LogP) is 5.11. The molecular formula is C15H24ClNS. The number of rotatable bonds is 2. The zero-order valence-electron chi connectivity index (χ0n) is 11.2. The lowest BCUT2D eigenvalue weighted by molar-refractivity contribution is 0.213. The highest BCUT2D eigenvalue weighted by Crippen LogP contribution is 2.42. The molecule has 102 valence electrons. The van der Waals surface area contributed by atoms with E-state index in [4.69, 9.17) is 0 Å². The van der Waals surface area contributed by atoms with Crippen LogP contribution in [0.5, 0.6) is 0 Å². The quantitative estimate of drug-likeness (QED) is 0.730. The number of fused-ring (bicyclic) bond motifs is 1. The molecule has 0 spiro atoms. The molecular weight excluding hydrogens is 262 g/mol. The molecule has 0 bridgehead atoms. The third-order valence-electron chi connectivity index (χ3n) is 4.72. The molecule has 0 aromatic carbocycles. The van der Waals surface area contributed by atoms with Crippen molar-refractivity contribution in [3.05, 3.63) is 17.5 Å². The van der Waals surface area contributed by atoms with Gasteiger partial charge >= 0.3 is 0 Å². The highest BCUT2D eigenvalue weighted by molar-refractivity contribution is 7.14. The molecule has 1 saturated heterocycles. The van der Waals surface area contributed by atoms with E-state index >= 15 is 0 Å². The number of hydrogen-bond donors (Lipinski definition) is 0. The van der Waals surface area contributed by atoms with Crippen LogP contribution in [0.3, 0.4) is 0 Å². The summed E-state index contributed by atoms with van der Waals surface area (Å²) >= 11 is 1.93. The van der Waals surface area contributed by atoms with Crippen molar-refractivity contribution >= 4 is 28.7 Å². The Hall–Kier alpha value is -0.210. The minimum Gasteiger partial charge on any atom is -0.357 e. The fourth-order valence-corrected chi connectivity index (χ4v) is 4.73. The second-order valence-electron chi connectivity index (χ2n) is 5.61. The van der Waals surface area contributed by atoms with Gasteiger partial charge in [0.1, 0.15) is 0 Å². The summed E-state index contributed by atoms with van der Waals surface area (Å²) in [6, 6.07) is 6.18. The summed E-state index contributed by atoms with van der Waals surface area (Å²) in [6.07, 6.45) is 10.0. The Morgan fingerprint density at radius 1 is 1.22 bits per heavy atom. The third-order valence-corrected chi connectivity index (χ3v) is 5.60. The lowest BCUT2D eigenvalue weighted by Gasteiger charge is -2.49. The fraction of sp³-hybridized carbons (Fsp3) is 0.733. The highest BCUT2D eigenvalue weighted by atomic mass is 35.5. The average molecular weight is 286 g/mol. The molecule has 2 fully saturated rings. The van der Waals surface area contributed by atoms with E-state index < -0.39 is 0 Å². The van der Waals surface area contributed by atoms with Crippen molar-refractivity contribution in [2.75, 3.05) is 4.90 Å². The van der Waals surface area contributed by atoms with Crippen LogP contribution in [0.1, 0.15) is 51.9 Å². The molecule has 2 aliphatic rings. The summed E-state index contributed by atoms with van der Waals surface area (Å²) < 4.78 is 0. The van der Waals surface area contributed by atoms with E-state index in [1.807, 2.05) is 11.3 Å². The highest BCUT2D eigenvalue weighted by Gasteiger charge is 2.37. The van der Waals surface area contributed by atoms with Gasteiger partial charge in [0.2, 0.25) is 0 Å². The van der Waals surface area contributed by atoms with Crippen LogP contribution in [-0.2, 0) is 0 Å². The van der Waals surface area contributed by atoms with E-state index in [1.165, 1.54) is 49.9 Å². The van der Waals surface area contributed by atoms with Gasteiger partial charge in [0.25, 0.3) is 0 Å². The van der Waals surface area contributed by atoms with E-state index in [2.05, 4.69) is 29.3 Å². The summed E-state index contributed by atoms with van der Waals surface area (Å²) in [4.78, 5) is 2.79. The molecule has 3 unspecified atom stereocenters. The molecule has 1 aliphatic carbocycles. The van der Waals surface area contributed by atoms with Crippen molar-refractivity contribution in [3.8, 4) is 0 Å². The van der Waals surface area contributed by atoms with E-state index in [0.717, 1.165) is 18.0 Å². The van der Waals surface area contributed by atoms with Crippen molar-refractivity contribution in [1.82, 2.24) is 0 Å². The Labute approximate surface area is 121 Å². The molecule has 1 aromatic heterocycles. The first-order valence-electron chi connectivity index (χ1n) is 7.22. The van der Waals surface area contributed by atoms with Crippen molar-refractivity contribution in [2.24, 2.45) is 5.92 Å². The van der Waals surface area contributed by atoms with Gasteiger partial charge in [-0.05, 0) is 55.5 Å². The lowest BCUT2D eigenvalue weighted by Crippen LogP contribution is -2.52. The molecule has 1 aromatic rings. The smallest absolute Gasteiger partial charge is 0.0913 e. The van der Waals surface area contributed by atoms with Crippen LogP contribution in [0.2, 0.25) is 0 Å². The number of piperidine rings is 1. The molecule has 1 aliphatic heterocycles. The van der Waals surface area contributed by atoms with Crippen LogP contribution < -0.4 is 4.90 Å². The summed E-state index contributed by atoms with van der Waals surface area (Å²) in [5.41, 5.74) is 0. The Balaban J connectivity index is 0.00000120. The number of halogens is 1. The van der Waals surface area contributed by atoms with E-state index in [1.54, 1.807) is 0 Å². The molecule has 3 rings (SSSR count). The van der Waals surface area contributed by atoms with Gasteiger partial charge in [0, 0.05) is 12.1 Å². The monoisotopic (exact) mass is 285 g/mol. The van der Waals surface area contributed by atoms with Gasteiger partial charge in [0.15, 0.2) is 0 Å². The van der Waals surface area contributed by atoms with Crippen molar-refractivity contribution in [3.63, 3.8) is 0 Å². The van der Waals surface area contributed by atoms with Gasteiger partial charge in [-0.25, -0.2) is 0 Å². The Morgan fingerprint density at radius 3 is 2.78 bits per heavy atom. The van der Waals surface area contributed by atoms with Crippen LogP contribution >= 0.6 is 23.7 Å². The normalized spacial score (nSPS) is 31.6. The maximum atomic E-state index is 2.79. The maximum Gasteiger partial charge on any atom is 0.0913 e.